The summed E-state index contributed by atoms with van der Waals surface area (Å²) >= 11 is 2.85. The number of alkyl carbamates (subject to hydrolysis) is 1. The van der Waals surface area contributed by atoms with E-state index < -0.39 is 41.9 Å². The topological polar surface area (TPSA) is 159 Å². The van der Waals surface area contributed by atoms with E-state index >= 15 is 0 Å². The molecule has 4 atom stereocenters. The maximum Gasteiger partial charge on any atom is 0.408 e. The second-order valence-electron chi connectivity index (χ2n) is 8.63. The maximum absolute atomic E-state index is 13.2. The number of rotatable bonds is 15. The van der Waals surface area contributed by atoms with Crippen molar-refractivity contribution in [2.45, 2.75) is 57.8 Å². The maximum atomic E-state index is 13.2. The van der Waals surface area contributed by atoms with Gasteiger partial charge in [0.2, 0.25) is 11.8 Å². The standard InChI is InChI=1S/C25H35N5O6S2/c1-4-16(2)21(24(33)27-20(23(32)30-35)12-18-14-38-15-26-18)29-22(31)19(10-11-37-3)28-25(34)36-13-17-8-6-5-7-9-17/h5-9,14-16,19-21,35H,4,10-13H2,1-3H3,(H,27,33)(H,28,34)(H,29,31)(H,30,32)/t16-,19-,20-,21-/m0/s1. The normalized spacial score (nSPS) is 13.9. The van der Waals surface area contributed by atoms with Gasteiger partial charge in [-0.15, -0.1) is 11.3 Å². The van der Waals surface area contributed by atoms with E-state index in [4.69, 9.17) is 9.94 Å². The lowest BCUT2D eigenvalue weighted by atomic mass is 9.97. The number of nitrogens with zero attached hydrogens (tertiary/aromatic N) is 1. The average Bonchev–Trinajstić information content (AvgIpc) is 3.45. The van der Waals surface area contributed by atoms with Crippen LogP contribution in [0.5, 0.6) is 0 Å². The molecule has 13 heteroatoms. The number of hydrogen-bond acceptors (Lipinski definition) is 9. The van der Waals surface area contributed by atoms with Crippen molar-refractivity contribution in [2.75, 3.05) is 12.0 Å². The number of nitrogens with one attached hydrogen (secondary N) is 4. The molecule has 0 fully saturated rings. The molecule has 0 saturated heterocycles. The van der Waals surface area contributed by atoms with Crippen LogP contribution in [0.15, 0.2) is 41.2 Å². The summed E-state index contributed by atoms with van der Waals surface area (Å²) < 4.78 is 5.26. The van der Waals surface area contributed by atoms with Crippen LogP contribution in [0, 0.1) is 5.92 Å². The Bertz CT molecular complexity index is 1020. The van der Waals surface area contributed by atoms with Crippen molar-refractivity contribution in [3.63, 3.8) is 0 Å². The van der Waals surface area contributed by atoms with Crippen molar-refractivity contribution in [3.05, 3.63) is 52.5 Å². The Kier molecular flexibility index (Phi) is 13.6. The third kappa shape index (κ3) is 10.3. The van der Waals surface area contributed by atoms with E-state index in [9.17, 15) is 19.2 Å². The van der Waals surface area contributed by atoms with Crippen molar-refractivity contribution in [3.8, 4) is 0 Å². The van der Waals surface area contributed by atoms with Gasteiger partial charge >= 0.3 is 6.09 Å². The lowest BCUT2D eigenvalue weighted by Gasteiger charge is -2.28. The van der Waals surface area contributed by atoms with Crippen molar-refractivity contribution in [1.29, 1.82) is 0 Å². The van der Waals surface area contributed by atoms with E-state index in [2.05, 4.69) is 20.9 Å². The molecule has 5 N–H and O–H groups in total. The van der Waals surface area contributed by atoms with Gasteiger partial charge in [-0.25, -0.2) is 15.3 Å². The predicted octanol–water partition coefficient (Wildman–Crippen LogP) is 2.25. The number of hydroxylamine groups is 1. The molecular formula is C25H35N5O6S2. The van der Waals surface area contributed by atoms with Crippen molar-refractivity contribution < 1.29 is 29.1 Å². The first-order chi connectivity index (χ1) is 18.3. The molecule has 0 saturated carbocycles. The highest BCUT2D eigenvalue weighted by molar-refractivity contribution is 7.98. The number of aromatic nitrogens is 1. The summed E-state index contributed by atoms with van der Waals surface area (Å²) in [5.74, 6) is -1.64. The van der Waals surface area contributed by atoms with Gasteiger partial charge in [0.1, 0.15) is 24.7 Å². The average molecular weight is 566 g/mol. The zero-order valence-corrected chi connectivity index (χ0v) is 23.3. The summed E-state index contributed by atoms with van der Waals surface area (Å²) in [6.45, 7) is 3.72. The molecule has 1 heterocycles. The van der Waals surface area contributed by atoms with Crippen LogP contribution < -0.4 is 21.4 Å². The third-order valence-electron chi connectivity index (χ3n) is 5.87. The fourth-order valence-electron chi connectivity index (χ4n) is 3.46. The van der Waals surface area contributed by atoms with Gasteiger partial charge in [0.05, 0.1) is 11.2 Å². The molecule has 0 bridgehead atoms. The van der Waals surface area contributed by atoms with Crippen LogP contribution in [0.25, 0.3) is 0 Å². The molecule has 2 rings (SSSR count). The minimum absolute atomic E-state index is 0.0503. The largest absolute Gasteiger partial charge is 0.445 e. The van der Waals surface area contributed by atoms with Crippen LogP contribution in [0.3, 0.4) is 0 Å². The molecule has 11 nitrogen and oxygen atoms in total. The summed E-state index contributed by atoms with van der Waals surface area (Å²) in [6, 6.07) is 6.13. The summed E-state index contributed by atoms with van der Waals surface area (Å²) in [4.78, 5) is 55.2. The molecule has 38 heavy (non-hydrogen) atoms. The van der Waals surface area contributed by atoms with Gasteiger partial charge in [-0.05, 0) is 29.9 Å². The number of thioether (sulfide) groups is 1. The Morgan fingerprint density at radius 3 is 2.39 bits per heavy atom. The Hall–Kier alpha value is -3.16. The molecule has 1 aromatic heterocycles. The molecule has 0 radical (unpaired) electrons. The van der Waals surface area contributed by atoms with E-state index in [0.717, 1.165) is 5.56 Å². The predicted molar refractivity (Wildman–Crippen MR) is 146 cm³/mol. The highest BCUT2D eigenvalue weighted by Crippen LogP contribution is 2.12. The van der Waals surface area contributed by atoms with E-state index in [1.807, 2.05) is 43.5 Å². The van der Waals surface area contributed by atoms with Gasteiger partial charge in [-0.3, -0.25) is 19.6 Å². The van der Waals surface area contributed by atoms with Crippen molar-refractivity contribution in [1.82, 2.24) is 26.4 Å². The van der Waals surface area contributed by atoms with Crippen molar-refractivity contribution in [2.24, 2.45) is 5.92 Å². The zero-order chi connectivity index (χ0) is 27.9. The Morgan fingerprint density at radius 2 is 1.79 bits per heavy atom. The lowest BCUT2D eigenvalue weighted by Crippen LogP contribution is -2.58. The second-order valence-corrected chi connectivity index (χ2v) is 10.3. The number of thiazole rings is 1. The fraction of sp³-hybridized carbons (Fsp3) is 0.480. The molecule has 0 spiro atoms. The molecule has 208 valence electrons. The van der Waals surface area contributed by atoms with Crippen LogP contribution >= 0.6 is 23.1 Å². The van der Waals surface area contributed by atoms with E-state index in [-0.39, 0.29) is 18.9 Å². The number of carbonyl (C=O) groups excluding carboxylic acids is 4. The number of ether oxygens (including phenoxy) is 1. The van der Waals surface area contributed by atoms with Gasteiger partial charge in [0.25, 0.3) is 5.91 Å². The van der Waals surface area contributed by atoms with Gasteiger partial charge < -0.3 is 20.7 Å². The minimum atomic E-state index is -1.10. The Labute approximate surface area is 230 Å². The molecule has 4 amide bonds. The number of benzene rings is 1. The molecular weight excluding hydrogens is 530 g/mol. The lowest BCUT2D eigenvalue weighted by molar-refractivity contribution is -0.136. The first kappa shape index (κ1) is 31.1. The van der Waals surface area contributed by atoms with Gasteiger partial charge in [-0.2, -0.15) is 11.8 Å². The van der Waals surface area contributed by atoms with Crippen molar-refractivity contribution >= 4 is 46.9 Å². The van der Waals surface area contributed by atoms with Crippen LogP contribution in [-0.4, -0.2) is 64.1 Å². The fourth-order valence-corrected chi connectivity index (χ4v) is 4.51. The van der Waals surface area contributed by atoms with Crippen LogP contribution in [0.2, 0.25) is 0 Å². The monoisotopic (exact) mass is 565 g/mol. The van der Waals surface area contributed by atoms with Crippen LogP contribution in [0.4, 0.5) is 4.79 Å². The van der Waals surface area contributed by atoms with Crippen LogP contribution in [-0.2, 0) is 32.1 Å². The highest BCUT2D eigenvalue weighted by atomic mass is 32.2. The highest BCUT2D eigenvalue weighted by Gasteiger charge is 2.32. The SMILES string of the molecule is CC[C@H](C)[C@H](NC(=O)[C@H](CCSC)NC(=O)OCc1ccccc1)C(=O)N[C@@H](Cc1cscn1)C(=O)NO. The number of hydrogen-bond donors (Lipinski definition) is 5. The zero-order valence-electron chi connectivity index (χ0n) is 21.6. The van der Waals surface area contributed by atoms with E-state index in [1.54, 1.807) is 23.3 Å². The summed E-state index contributed by atoms with van der Waals surface area (Å²) in [6.07, 6.45) is 2.08. The molecule has 0 aliphatic rings. The molecule has 1 aromatic carbocycles. The number of carbonyl (C=O) groups is 4. The number of amides is 4. The van der Waals surface area contributed by atoms with Gasteiger partial charge in [0.15, 0.2) is 0 Å². The van der Waals surface area contributed by atoms with Gasteiger partial charge in [0, 0.05) is 11.8 Å². The van der Waals surface area contributed by atoms with Gasteiger partial charge in [-0.1, -0.05) is 50.6 Å². The first-order valence-corrected chi connectivity index (χ1v) is 14.5. The Morgan fingerprint density at radius 1 is 1.05 bits per heavy atom. The smallest absolute Gasteiger partial charge is 0.408 e. The van der Waals surface area contributed by atoms with E-state index in [0.29, 0.717) is 24.3 Å². The molecule has 2 aromatic rings. The molecule has 0 aliphatic carbocycles. The summed E-state index contributed by atoms with van der Waals surface area (Å²) in [5.41, 5.74) is 4.54. The summed E-state index contributed by atoms with van der Waals surface area (Å²) in [7, 11) is 0. The quantitative estimate of drug-likeness (QED) is 0.162. The second kappa shape index (κ2) is 16.6. The molecule has 0 unspecified atom stereocenters. The summed E-state index contributed by atoms with van der Waals surface area (Å²) in [5, 5.41) is 18.8. The molecule has 0 aliphatic heterocycles. The minimum Gasteiger partial charge on any atom is -0.445 e. The first-order valence-electron chi connectivity index (χ1n) is 12.2. The van der Waals surface area contributed by atoms with E-state index in [1.165, 1.54) is 23.1 Å². The Balaban J connectivity index is 2.09. The third-order valence-corrected chi connectivity index (χ3v) is 7.14. The van der Waals surface area contributed by atoms with Crippen LogP contribution in [0.1, 0.15) is 37.9 Å².